The maximum Gasteiger partial charge on any atom is 0.0419 e. The monoisotopic (exact) mass is 339 g/mol. The molecule has 1 N–H and O–H groups in total. The molecule has 0 saturated carbocycles. The van der Waals surface area contributed by atoms with Crippen molar-refractivity contribution in [2.45, 2.75) is 40.5 Å². The van der Waals surface area contributed by atoms with E-state index in [-0.39, 0.29) is 0 Å². The molecule has 24 heavy (non-hydrogen) atoms. The Balaban J connectivity index is 2.84. The zero-order valence-electron chi connectivity index (χ0n) is 15.5. The van der Waals surface area contributed by atoms with E-state index < -0.39 is 0 Å². The van der Waals surface area contributed by atoms with E-state index in [1.54, 1.807) is 0 Å². The van der Waals surface area contributed by atoms with Gasteiger partial charge in [-0.25, -0.2) is 0 Å². The van der Waals surface area contributed by atoms with E-state index >= 15 is 0 Å². The number of anilines is 1. The molecule has 1 nitrogen and oxygen atoms in total. The molecule has 0 aliphatic rings. The minimum absolute atomic E-state index is 0.923. The molecule has 1 aromatic rings. The molecule has 2 heteroatoms. The number of rotatable bonds is 9. The largest absolute Gasteiger partial charge is 0.356 e. The van der Waals surface area contributed by atoms with Gasteiger partial charge in [-0.2, -0.15) is 0 Å². The van der Waals surface area contributed by atoms with E-state index in [2.05, 4.69) is 75.4 Å². The summed E-state index contributed by atoms with van der Waals surface area (Å²) in [6, 6.07) is 6.55. The van der Waals surface area contributed by atoms with E-state index in [1.165, 1.54) is 38.3 Å². The molecule has 0 fully saturated rings. The smallest absolute Gasteiger partial charge is 0.0419 e. The van der Waals surface area contributed by atoms with Gasteiger partial charge >= 0.3 is 0 Å². The summed E-state index contributed by atoms with van der Waals surface area (Å²) in [4.78, 5) is 0. The Morgan fingerprint density at radius 3 is 2.67 bits per heavy atom. The normalized spacial score (nSPS) is 12.5. The topological polar surface area (TPSA) is 12.0 Å². The number of nitrogens with one attached hydrogen (secondary N) is 1. The molecule has 128 valence electrons. The van der Waals surface area contributed by atoms with Gasteiger partial charge in [0.05, 0.1) is 0 Å². The standard InChI is InChI=1S/C22H30NP/c1-7-9-14-24-16-21-13-12-19(5)22(15-21)23-20(6)18(4)11-10-17(3)8-2/h8,10-13,15-16,23H,2,6-7,9,14H2,1,3-5H3/b17-10-,18-11+. The first-order valence-corrected chi connectivity index (χ1v) is 9.67. The van der Waals surface area contributed by atoms with E-state index in [1.807, 2.05) is 13.0 Å². The molecule has 0 spiro atoms. The van der Waals surface area contributed by atoms with E-state index in [0.29, 0.717) is 0 Å². The highest BCUT2D eigenvalue weighted by Gasteiger charge is 2.02. The zero-order valence-corrected chi connectivity index (χ0v) is 16.4. The zero-order chi connectivity index (χ0) is 17.9. The molecule has 0 aliphatic heterocycles. The highest BCUT2D eigenvalue weighted by Crippen LogP contribution is 2.21. The van der Waals surface area contributed by atoms with Crippen molar-refractivity contribution in [3.05, 3.63) is 77.6 Å². The fraction of sp³-hybridized carbons (Fsp3) is 0.318. The predicted molar refractivity (Wildman–Crippen MR) is 114 cm³/mol. The third-order valence-electron chi connectivity index (χ3n) is 3.82. The summed E-state index contributed by atoms with van der Waals surface area (Å²) in [6.07, 6.45) is 9.75. The molecule has 1 aromatic carbocycles. The van der Waals surface area contributed by atoms with Gasteiger partial charge in [0, 0.05) is 11.4 Å². The van der Waals surface area contributed by atoms with Crippen molar-refractivity contribution < 1.29 is 0 Å². The van der Waals surface area contributed by atoms with E-state index in [4.69, 9.17) is 0 Å². The number of benzene rings is 1. The average Bonchev–Trinajstić information content (AvgIpc) is 2.58. The maximum atomic E-state index is 4.16. The van der Waals surface area contributed by atoms with Crippen LogP contribution >= 0.6 is 8.20 Å². The number of allylic oxidation sites excluding steroid dienone is 5. The van der Waals surface area contributed by atoms with Crippen LogP contribution in [-0.4, -0.2) is 12.0 Å². The lowest BCUT2D eigenvalue weighted by Crippen LogP contribution is -2.01. The molecule has 0 heterocycles. The van der Waals surface area contributed by atoms with Gasteiger partial charge in [0.15, 0.2) is 0 Å². The highest BCUT2D eigenvalue weighted by molar-refractivity contribution is 7.39. The summed E-state index contributed by atoms with van der Waals surface area (Å²) in [5.74, 6) is 2.29. The summed E-state index contributed by atoms with van der Waals surface area (Å²) in [5, 5.41) is 3.45. The summed E-state index contributed by atoms with van der Waals surface area (Å²) in [7, 11) is 1.39. The molecule has 0 saturated heterocycles. The predicted octanol–water partition coefficient (Wildman–Crippen LogP) is 6.90. The van der Waals surface area contributed by atoms with Gasteiger partial charge in [-0.15, -0.1) is 8.20 Å². The first-order valence-electron chi connectivity index (χ1n) is 8.52. The highest BCUT2D eigenvalue weighted by atomic mass is 31.1. The maximum absolute atomic E-state index is 4.16. The lowest BCUT2D eigenvalue weighted by Gasteiger charge is -2.13. The third kappa shape index (κ3) is 7.15. The molecule has 0 radical (unpaired) electrons. The van der Waals surface area contributed by atoms with Crippen LogP contribution < -0.4 is 5.32 Å². The second-order valence-corrected chi connectivity index (χ2v) is 7.10. The van der Waals surface area contributed by atoms with Gasteiger partial charge in [0.2, 0.25) is 0 Å². The van der Waals surface area contributed by atoms with Crippen LogP contribution in [0.3, 0.4) is 0 Å². The van der Waals surface area contributed by atoms with Crippen LogP contribution in [0.25, 0.3) is 0 Å². The molecule has 0 unspecified atom stereocenters. The Kier molecular flexibility index (Phi) is 9.12. The van der Waals surface area contributed by atoms with Crippen molar-refractivity contribution in [3.8, 4) is 0 Å². The van der Waals surface area contributed by atoms with Crippen molar-refractivity contribution in [3.63, 3.8) is 0 Å². The van der Waals surface area contributed by atoms with Gasteiger partial charge in [-0.3, -0.25) is 0 Å². The Morgan fingerprint density at radius 2 is 2.00 bits per heavy atom. The summed E-state index contributed by atoms with van der Waals surface area (Å²) in [6.45, 7) is 16.4. The van der Waals surface area contributed by atoms with Crippen molar-refractivity contribution in [2.24, 2.45) is 0 Å². The Bertz CT molecular complexity index is 663. The molecule has 0 aromatic heterocycles. The molecule has 1 rings (SSSR count). The molecule has 0 bridgehead atoms. The molecule has 0 amide bonds. The first-order chi connectivity index (χ1) is 11.5. The number of unbranched alkanes of at least 4 members (excludes halogenated alkanes) is 1. The lowest BCUT2D eigenvalue weighted by molar-refractivity contribution is 0.896. The van der Waals surface area contributed by atoms with Crippen LogP contribution in [-0.2, 0) is 0 Å². The van der Waals surface area contributed by atoms with Crippen molar-refractivity contribution >= 4 is 19.7 Å². The average molecular weight is 339 g/mol. The fourth-order valence-corrected chi connectivity index (χ4v) is 2.96. The number of hydrogen-bond acceptors (Lipinski definition) is 1. The van der Waals surface area contributed by atoms with Crippen LogP contribution in [0.2, 0.25) is 0 Å². The van der Waals surface area contributed by atoms with Crippen LogP contribution in [0.1, 0.15) is 44.7 Å². The molecule has 0 aliphatic carbocycles. The summed E-state index contributed by atoms with van der Waals surface area (Å²) >= 11 is 0. The second-order valence-electron chi connectivity index (χ2n) is 6.03. The fourth-order valence-electron chi connectivity index (χ4n) is 1.96. The van der Waals surface area contributed by atoms with Crippen molar-refractivity contribution in [1.29, 1.82) is 0 Å². The van der Waals surface area contributed by atoms with Gasteiger partial charge in [0.25, 0.3) is 0 Å². The van der Waals surface area contributed by atoms with Gasteiger partial charge < -0.3 is 5.32 Å². The number of hydrogen-bond donors (Lipinski definition) is 1. The summed E-state index contributed by atoms with van der Waals surface area (Å²) < 4.78 is 0. The Morgan fingerprint density at radius 1 is 1.25 bits per heavy atom. The van der Waals surface area contributed by atoms with Crippen molar-refractivity contribution in [2.75, 3.05) is 11.5 Å². The lowest BCUT2D eigenvalue weighted by atomic mass is 10.1. The quantitative estimate of drug-likeness (QED) is 0.293. The van der Waals surface area contributed by atoms with Crippen molar-refractivity contribution in [1.82, 2.24) is 0 Å². The SMILES string of the molecule is C=C/C(C)=C\C=C(/C)C(=C)Nc1cc(/C=P/CCCC)ccc1C. The van der Waals surface area contributed by atoms with E-state index in [9.17, 15) is 0 Å². The van der Waals surface area contributed by atoms with Crippen LogP contribution in [0.4, 0.5) is 5.69 Å². The van der Waals surface area contributed by atoms with Gasteiger partial charge in [-0.05, 0) is 61.9 Å². The minimum atomic E-state index is 0.923. The molecular weight excluding hydrogens is 309 g/mol. The second kappa shape index (κ2) is 10.8. The first kappa shape index (κ1) is 20.2. The summed E-state index contributed by atoms with van der Waals surface area (Å²) in [5.41, 5.74) is 6.79. The number of aryl methyl sites for hydroxylation is 1. The van der Waals surface area contributed by atoms with Crippen LogP contribution in [0.15, 0.2) is 66.4 Å². The Labute approximate surface area is 149 Å². The Hall–Kier alpha value is -1.85. The molecular formula is C22H30NP. The minimum Gasteiger partial charge on any atom is -0.356 e. The van der Waals surface area contributed by atoms with Crippen LogP contribution in [0.5, 0.6) is 0 Å². The van der Waals surface area contributed by atoms with E-state index in [0.717, 1.165) is 22.5 Å². The van der Waals surface area contributed by atoms with Gasteiger partial charge in [-0.1, -0.05) is 62.4 Å². The third-order valence-corrected chi connectivity index (χ3v) is 4.88. The van der Waals surface area contributed by atoms with Crippen LogP contribution in [0, 0.1) is 6.92 Å². The van der Waals surface area contributed by atoms with Gasteiger partial charge in [0.1, 0.15) is 0 Å². The molecule has 0 atom stereocenters.